The van der Waals surface area contributed by atoms with Crippen molar-refractivity contribution >= 4 is 17.3 Å². The van der Waals surface area contributed by atoms with Gasteiger partial charge in [0.2, 0.25) is 5.82 Å². The number of para-hydroxylation sites is 1. The molecule has 14 heteroatoms. The van der Waals surface area contributed by atoms with E-state index in [1.165, 1.54) is 12.3 Å². The fourth-order valence-corrected chi connectivity index (χ4v) is 6.69. The molecule has 3 aliphatic rings. The number of benzene rings is 2. The molecule has 242 valence electrons. The van der Waals surface area contributed by atoms with E-state index >= 15 is 0 Å². The zero-order chi connectivity index (χ0) is 32.2. The highest BCUT2D eigenvalue weighted by molar-refractivity contribution is 6.30. The van der Waals surface area contributed by atoms with Crippen LogP contribution >= 0.6 is 11.6 Å². The molecule has 3 aliphatic heterocycles. The third kappa shape index (κ3) is 5.87. The maximum atomic E-state index is 14.8. The maximum Gasteiger partial charge on any atom is 0.451 e. The van der Waals surface area contributed by atoms with Crippen LogP contribution in [0.5, 0.6) is 11.5 Å². The Kier molecular flexibility index (Phi) is 7.81. The number of nitrogens with one attached hydrogen (secondary N) is 1. The summed E-state index contributed by atoms with van der Waals surface area (Å²) in [5.41, 5.74) is 3.14. The minimum atomic E-state index is -4.64. The fraction of sp³-hybridized carbons (Fsp3) is 0.406. The number of β-amino-alcohol motifs (C(OH)–C–C–N with tert-alkyl or cyclic N) is 1. The first kappa shape index (κ1) is 30.7. The molecule has 7 rings (SSSR count). The topological polar surface area (TPSA) is 99.6 Å². The highest BCUT2D eigenvalue weighted by Gasteiger charge is 2.43. The molecule has 9 nitrogen and oxygen atoms in total. The van der Waals surface area contributed by atoms with E-state index < -0.39 is 29.7 Å². The molecule has 0 saturated carbocycles. The maximum absolute atomic E-state index is 14.8. The number of aromatic amines is 1. The number of H-pyrrole nitrogens is 1. The van der Waals surface area contributed by atoms with Crippen molar-refractivity contribution in [1.29, 1.82) is 0 Å². The standard InChI is InChI=1S/C32H31ClF4N6O3/c1-31(23-6-5-20(33)14-24(23)34)45-27-4-2-3-22(28(27)46-31)18-7-10-42(11-8-18)17-25-26(43-12-9-21(44)16-43)13-19(15-38-25)29-39-30(41-40-29)32(35,36)37/h2-6,13-15,18,21,44H,7-12,16-17H2,1H3,(H,39,40,41)/t21-,31+/m0/s1. The summed E-state index contributed by atoms with van der Waals surface area (Å²) in [6.45, 7) is 4.75. The van der Waals surface area contributed by atoms with Gasteiger partial charge in [-0.05, 0) is 68.6 Å². The van der Waals surface area contributed by atoms with Gasteiger partial charge in [-0.3, -0.25) is 15.0 Å². The van der Waals surface area contributed by atoms with Crippen molar-refractivity contribution in [3.05, 3.63) is 82.1 Å². The average molecular weight is 659 g/mol. The Morgan fingerprint density at radius 3 is 2.59 bits per heavy atom. The summed E-state index contributed by atoms with van der Waals surface area (Å²) in [7, 11) is 0. The number of halogens is 5. The number of piperidine rings is 1. The summed E-state index contributed by atoms with van der Waals surface area (Å²) in [6, 6.07) is 11.9. The SMILES string of the molecule is C[C@@]1(c2ccc(Cl)cc2F)Oc2cccc(C3CCN(Cc4ncc(-c5n[nH]c(C(F)(F)F)n5)cc4N4CC[C@H](O)C4)CC3)c2O1. The normalized spacial score (nSPS) is 22.2. The number of aromatic nitrogens is 4. The third-order valence-corrected chi connectivity index (χ3v) is 9.13. The Morgan fingerprint density at radius 2 is 1.89 bits per heavy atom. The van der Waals surface area contributed by atoms with Gasteiger partial charge in [0.15, 0.2) is 17.3 Å². The second-order valence-corrected chi connectivity index (χ2v) is 12.5. The van der Waals surface area contributed by atoms with Crippen LogP contribution < -0.4 is 14.4 Å². The van der Waals surface area contributed by atoms with E-state index in [0.717, 1.165) is 42.9 Å². The summed E-state index contributed by atoms with van der Waals surface area (Å²) in [5.74, 6) is -1.73. The van der Waals surface area contributed by atoms with E-state index in [4.69, 9.17) is 21.1 Å². The van der Waals surface area contributed by atoms with Crippen LogP contribution in [0.1, 0.15) is 54.7 Å². The Hall–Kier alpha value is -3.94. The van der Waals surface area contributed by atoms with Gasteiger partial charge in [-0.15, -0.1) is 0 Å². The minimum Gasteiger partial charge on any atom is -0.444 e. The van der Waals surface area contributed by atoms with E-state index in [2.05, 4.69) is 20.0 Å². The number of aliphatic hydroxyl groups is 1. The number of pyridine rings is 1. The Labute approximate surface area is 267 Å². The van der Waals surface area contributed by atoms with Gasteiger partial charge in [-0.25, -0.2) is 9.37 Å². The molecule has 2 aromatic carbocycles. The molecule has 0 amide bonds. The van der Waals surface area contributed by atoms with Crippen LogP contribution in [0.3, 0.4) is 0 Å². The first-order valence-corrected chi connectivity index (χ1v) is 15.5. The van der Waals surface area contributed by atoms with Gasteiger partial charge >= 0.3 is 6.18 Å². The molecule has 4 aromatic rings. The predicted octanol–water partition coefficient (Wildman–Crippen LogP) is 6.27. The van der Waals surface area contributed by atoms with Gasteiger partial charge in [-0.1, -0.05) is 23.7 Å². The Balaban J connectivity index is 1.07. The molecule has 0 unspecified atom stereocenters. The lowest BCUT2D eigenvalue weighted by atomic mass is 9.88. The first-order valence-electron chi connectivity index (χ1n) is 15.1. The molecule has 46 heavy (non-hydrogen) atoms. The Bertz CT molecular complexity index is 1760. The third-order valence-electron chi connectivity index (χ3n) is 8.90. The first-order chi connectivity index (χ1) is 22.0. The molecule has 2 fully saturated rings. The summed E-state index contributed by atoms with van der Waals surface area (Å²) in [4.78, 5) is 12.6. The molecule has 0 bridgehead atoms. The van der Waals surface area contributed by atoms with E-state index in [1.54, 1.807) is 25.1 Å². The number of aliphatic hydroxyl groups excluding tert-OH is 1. The predicted molar refractivity (Wildman–Crippen MR) is 161 cm³/mol. The quantitative estimate of drug-likeness (QED) is 0.234. The van der Waals surface area contributed by atoms with Crippen molar-refractivity contribution < 1.29 is 32.1 Å². The molecular weight excluding hydrogens is 628 g/mol. The highest BCUT2D eigenvalue weighted by atomic mass is 35.5. The van der Waals surface area contributed by atoms with Gasteiger partial charge in [0.25, 0.3) is 5.79 Å². The molecule has 2 saturated heterocycles. The zero-order valence-electron chi connectivity index (χ0n) is 24.8. The van der Waals surface area contributed by atoms with Crippen LogP contribution in [0.15, 0.2) is 48.7 Å². The van der Waals surface area contributed by atoms with Crippen LogP contribution in [-0.2, 0) is 18.5 Å². The number of likely N-dealkylation sites (tertiary alicyclic amines) is 1. The minimum absolute atomic E-state index is 0.0929. The van der Waals surface area contributed by atoms with Crippen LogP contribution in [0, 0.1) is 5.82 Å². The smallest absolute Gasteiger partial charge is 0.444 e. The lowest BCUT2D eigenvalue weighted by molar-refractivity contribution is -0.144. The van der Waals surface area contributed by atoms with Crippen LogP contribution in [0.25, 0.3) is 11.4 Å². The summed E-state index contributed by atoms with van der Waals surface area (Å²) in [5, 5.41) is 16.2. The van der Waals surface area contributed by atoms with Gasteiger partial charge in [-0.2, -0.15) is 18.3 Å². The number of hydrogen-bond acceptors (Lipinski definition) is 8. The average Bonchev–Trinajstić information content (AvgIpc) is 3.76. The van der Waals surface area contributed by atoms with Gasteiger partial charge in [0.05, 0.1) is 23.0 Å². The van der Waals surface area contributed by atoms with Gasteiger partial charge in [0.1, 0.15) is 5.82 Å². The number of hydrogen-bond donors (Lipinski definition) is 2. The fourth-order valence-electron chi connectivity index (χ4n) is 6.53. The second kappa shape index (κ2) is 11.7. The van der Waals surface area contributed by atoms with Crippen molar-refractivity contribution in [2.75, 3.05) is 31.1 Å². The largest absolute Gasteiger partial charge is 0.451 e. The monoisotopic (exact) mass is 658 g/mol. The van der Waals surface area contributed by atoms with Crippen LogP contribution in [0.2, 0.25) is 5.02 Å². The number of anilines is 1. The van der Waals surface area contributed by atoms with E-state index in [1.807, 2.05) is 28.2 Å². The number of nitrogens with zero attached hydrogens (tertiary/aromatic N) is 5. The number of fused-ring (bicyclic) bond motifs is 1. The van der Waals surface area contributed by atoms with Crippen molar-refractivity contribution in [3.63, 3.8) is 0 Å². The number of alkyl halides is 3. The van der Waals surface area contributed by atoms with E-state index in [9.17, 15) is 22.7 Å². The number of rotatable bonds is 6. The number of ether oxygens (including phenoxy) is 2. The lowest BCUT2D eigenvalue weighted by Gasteiger charge is -2.33. The molecule has 2 atom stereocenters. The molecular formula is C32H31ClF4N6O3. The molecule has 2 N–H and O–H groups in total. The summed E-state index contributed by atoms with van der Waals surface area (Å²) < 4.78 is 66.7. The summed E-state index contributed by atoms with van der Waals surface area (Å²) in [6.07, 6.45) is -1.39. The van der Waals surface area contributed by atoms with Crippen LogP contribution in [0.4, 0.5) is 23.2 Å². The van der Waals surface area contributed by atoms with Crippen molar-refractivity contribution in [2.24, 2.45) is 0 Å². The summed E-state index contributed by atoms with van der Waals surface area (Å²) >= 11 is 5.96. The molecule has 0 radical (unpaired) electrons. The second-order valence-electron chi connectivity index (χ2n) is 12.1. The van der Waals surface area contributed by atoms with Crippen LogP contribution in [-0.4, -0.2) is 62.5 Å². The molecule has 0 aliphatic carbocycles. The van der Waals surface area contributed by atoms with Crippen molar-refractivity contribution in [2.45, 2.75) is 56.7 Å². The van der Waals surface area contributed by atoms with Crippen molar-refractivity contribution in [3.8, 4) is 22.9 Å². The van der Waals surface area contributed by atoms with E-state index in [-0.39, 0.29) is 17.3 Å². The molecule has 0 spiro atoms. The van der Waals surface area contributed by atoms with E-state index in [0.29, 0.717) is 48.1 Å². The Morgan fingerprint density at radius 1 is 1.09 bits per heavy atom. The van der Waals surface area contributed by atoms with Gasteiger partial charge < -0.3 is 19.5 Å². The van der Waals surface area contributed by atoms with Gasteiger partial charge in [0, 0.05) is 48.9 Å². The molecule has 5 heterocycles. The highest BCUT2D eigenvalue weighted by Crippen LogP contribution is 2.50. The molecule has 2 aromatic heterocycles. The lowest BCUT2D eigenvalue weighted by Crippen LogP contribution is -2.34. The zero-order valence-corrected chi connectivity index (χ0v) is 25.6. The van der Waals surface area contributed by atoms with Crippen molar-refractivity contribution in [1.82, 2.24) is 25.1 Å².